The van der Waals surface area contributed by atoms with Gasteiger partial charge in [-0.3, -0.25) is 9.59 Å². The van der Waals surface area contributed by atoms with Crippen LogP contribution < -0.4 is 15.4 Å². The highest BCUT2D eigenvalue weighted by Crippen LogP contribution is 2.30. The molecule has 2 amide bonds. The maximum absolute atomic E-state index is 12.0. The van der Waals surface area contributed by atoms with Gasteiger partial charge in [0.2, 0.25) is 5.91 Å². The number of fused-ring (bicyclic) bond motifs is 1. The zero-order valence-corrected chi connectivity index (χ0v) is 12.6. The van der Waals surface area contributed by atoms with Crippen LogP contribution in [-0.2, 0) is 19.4 Å². The van der Waals surface area contributed by atoms with Crippen LogP contribution >= 0.6 is 0 Å². The lowest BCUT2D eigenvalue weighted by Gasteiger charge is -2.18. The molecule has 1 atom stereocenters. The smallest absolute Gasteiger partial charge is 0.262 e. The van der Waals surface area contributed by atoms with Crippen LogP contribution in [0.1, 0.15) is 12.8 Å². The van der Waals surface area contributed by atoms with Gasteiger partial charge in [-0.05, 0) is 30.5 Å². The van der Waals surface area contributed by atoms with E-state index in [-0.39, 0.29) is 42.3 Å². The van der Waals surface area contributed by atoms with Gasteiger partial charge >= 0.3 is 0 Å². The summed E-state index contributed by atoms with van der Waals surface area (Å²) in [6.45, 7) is -0.0190. The average molecular weight is 324 g/mol. The second kappa shape index (κ2) is 5.60. The fourth-order valence-corrected chi connectivity index (χ4v) is 4.53. The van der Waals surface area contributed by atoms with Crippen molar-refractivity contribution in [1.82, 2.24) is 0 Å². The average Bonchev–Trinajstić information content (AvgIpc) is 2.77. The van der Waals surface area contributed by atoms with E-state index in [2.05, 4.69) is 10.6 Å². The van der Waals surface area contributed by atoms with Gasteiger partial charge in [-0.2, -0.15) is 0 Å². The summed E-state index contributed by atoms with van der Waals surface area (Å²) in [4.78, 5) is 23.3. The lowest BCUT2D eigenvalue weighted by Crippen LogP contribution is -2.25. The first-order chi connectivity index (χ1) is 10.4. The molecule has 1 aromatic rings. The predicted octanol–water partition coefficient (Wildman–Crippen LogP) is 0.781. The van der Waals surface area contributed by atoms with Gasteiger partial charge in [0.05, 0.1) is 17.2 Å². The minimum atomic E-state index is -2.98. The van der Waals surface area contributed by atoms with E-state index in [1.807, 2.05) is 0 Å². The molecule has 0 radical (unpaired) electrons. The number of carbonyl (C=O) groups is 2. The predicted molar refractivity (Wildman–Crippen MR) is 80.6 cm³/mol. The first-order valence-corrected chi connectivity index (χ1v) is 8.80. The number of sulfone groups is 1. The molecule has 0 spiro atoms. The van der Waals surface area contributed by atoms with Crippen LogP contribution in [0, 0.1) is 5.92 Å². The zero-order valence-electron chi connectivity index (χ0n) is 11.8. The van der Waals surface area contributed by atoms with E-state index in [0.29, 0.717) is 23.5 Å². The number of ether oxygens (including phenoxy) is 1. The Bertz CT molecular complexity index is 729. The van der Waals surface area contributed by atoms with Gasteiger partial charge in [-0.25, -0.2) is 8.42 Å². The Balaban J connectivity index is 1.62. The van der Waals surface area contributed by atoms with Gasteiger partial charge in [-0.15, -0.1) is 0 Å². The molecule has 1 aromatic carbocycles. The Morgan fingerprint density at radius 1 is 1.41 bits per heavy atom. The first kappa shape index (κ1) is 14.8. The molecule has 2 N–H and O–H groups in total. The molecule has 0 aliphatic carbocycles. The summed E-state index contributed by atoms with van der Waals surface area (Å²) in [6.07, 6.45) is 0.711. The lowest BCUT2D eigenvalue weighted by atomic mass is 10.0. The van der Waals surface area contributed by atoms with Crippen LogP contribution in [0.4, 0.5) is 11.4 Å². The van der Waals surface area contributed by atoms with Gasteiger partial charge < -0.3 is 15.4 Å². The summed E-state index contributed by atoms with van der Waals surface area (Å²) in [5.41, 5.74) is 1.05. The summed E-state index contributed by atoms with van der Waals surface area (Å²) < 4.78 is 28.0. The van der Waals surface area contributed by atoms with E-state index in [9.17, 15) is 18.0 Å². The maximum atomic E-state index is 12.0. The first-order valence-electron chi connectivity index (χ1n) is 6.98. The van der Waals surface area contributed by atoms with Crippen molar-refractivity contribution in [3.05, 3.63) is 18.2 Å². The highest BCUT2D eigenvalue weighted by Gasteiger charge is 2.29. The number of anilines is 2. The number of carbonyl (C=O) groups excluding carboxylic acids is 2. The Morgan fingerprint density at radius 3 is 2.95 bits per heavy atom. The number of amides is 2. The fraction of sp³-hybridized carbons (Fsp3) is 0.429. The van der Waals surface area contributed by atoms with Crippen molar-refractivity contribution < 1.29 is 22.7 Å². The number of hydrogen-bond donors (Lipinski definition) is 2. The van der Waals surface area contributed by atoms with Gasteiger partial charge in [0.15, 0.2) is 16.4 Å². The van der Waals surface area contributed by atoms with Crippen molar-refractivity contribution in [2.75, 3.05) is 28.7 Å². The standard InChI is InChI=1S/C14H16N2O5S/c17-13(5-9-3-4-22(19,20)8-9)15-10-1-2-12-11(6-10)16-14(18)7-21-12/h1-2,6,9H,3-5,7-8H2,(H,15,17)(H,16,18)/t9-/m1/s1. The molecule has 1 fully saturated rings. The van der Waals surface area contributed by atoms with Crippen molar-refractivity contribution in [2.24, 2.45) is 5.92 Å². The Morgan fingerprint density at radius 2 is 2.23 bits per heavy atom. The summed E-state index contributed by atoms with van der Waals surface area (Å²) in [6, 6.07) is 4.97. The van der Waals surface area contributed by atoms with Crippen LogP contribution in [0.2, 0.25) is 0 Å². The molecule has 2 aliphatic rings. The zero-order chi connectivity index (χ0) is 15.7. The van der Waals surface area contributed by atoms with Crippen molar-refractivity contribution in [3.63, 3.8) is 0 Å². The van der Waals surface area contributed by atoms with Crippen molar-refractivity contribution >= 4 is 33.0 Å². The Hall–Kier alpha value is -2.09. The van der Waals surface area contributed by atoms with Crippen molar-refractivity contribution in [1.29, 1.82) is 0 Å². The molecule has 8 heteroatoms. The fourth-order valence-electron chi connectivity index (χ4n) is 2.67. The van der Waals surface area contributed by atoms with Crippen molar-refractivity contribution in [3.8, 4) is 5.75 Å². The summed E-state index contributed by atoms with van der Waals surface area (Å²) in [7, 11) is -2.98. The van der Waals surface area contributed by atoms with E-state index >= 15 is 0 Å². The van der Waals surface area contributed by atoms with Crippen LogP contribution in [0.5, 0.6) is 5.75 Å². The molecule has 3 rings (SSSR count). The minimum Gasteiger partial charge on any atom is -0.482 e. The third-order valence-electron chi connectivity index (χ3n) is 3.70. The molecular weight excluding hydrogens is 308 g/mol. The van der Waals surface area contributed by atoms with Gasteiger partial charge in [0.1, 0.15) is 5.75 Å². The Labute approximate surface area is 128 Å². The monoisotopic (exact) mass is 324 g/mol. The van der Waals surface area contributed by atoms with Gasteiger partial charge in [0.25, 0.3) is 5.91 Å². The molecule has 2 aliphatic heterocycles. The van der Waals surface area contributed by atoms with Crippen LogP contribution in [0.15, 0.2) is 18.2 Å². The van der Waals surface area contributed by atoms with E-state index in [0.717, 1.165) is 0 Å². The van der Waals surface area contributed by atoms with E-state index in [1.54, 1.807) is 18.2 Å². The number of rotatable bonds is 3. The summed E-state index contributed by atoms with van der Waals surface area (Å²) in [5, 5.41) is 5.38. The molecule has 1 saturated heterocycles. The molecule has 0 aromatic heterocycles. The molecule has 0 bridgehead atoms. The third-order valence-corrected chi connectivity index (χ3v) is 5.53. The highest BCUT2D eigenvalue weighted by molar-refractivity contribution is 7.91. The quantitative estimate of drug-likeness (QED) is 0.855. The topological polar surface area (TPSA) is 102 Å². The molecule has 22 heavy (non-hydrogen) atoms. The second-order valence-electron chi connectivity index (χ2n) is 5.57. The van der Waals surface area contributed by atoms with E-state index in [1.165, 1.54) is 0 Å². The van der Waals surface area contributed by atoms with Gasteiger partial charge in [-0.1, -0.05) is 0 Å². The molecule has 0 unspecified atom stereocenters. The molecule has 2 heterocycles. The van der Waals surface area contributed by atoms with Crippen molar-refractivity contribution in [2.45, 2.75) is 12.8 Å². The van der Waals surface area contributed by atoms with Gasteiger partial charge in [0, 0.05) is 12.1 Å². The third kappa shape index (κ3) is 3.38. The van der Waals surface area contributed by atoms with E-state index in [4.69, 9.17) is 4.74 Å². The largest absolute Gasteiger partial charge is 0.482 e. The molecule has 0 saturated carbocycles. The summed E-state index contributed by atoms with van der Waals surface area (Å²) in [5.74, 6) is 0.198. The van der Waals surface area contributed by atoms with Crippen LogP contribution in [-0.4, -0.2) is 38.3 Å². The number of hydrogen-bond acceptors (Lipinski definition) is 5. The summed E-state index contributed by atoms with van der Waals surface area (Å²) >= 11 is 0. The lowest BCUT2D eigenvalue weighted by molar-refractivity contribution is -0.118. The SMILES string of the molecule is O=C(C[C@H]1CCS(=O)(=O)C1)Nc1ccc2c(c1)NC(=O)CO2. The van der Waals surface area contributed by atoms with Crippen LogP contribution in [0.25, 0.3) is 0 Å². The minimum absolute atomic E-state index is 0.0190. The molecule has 7 nitrogen and oxygen atoms in total. The Kier molecular flexibility index (Phi) is 3.78. The number of benzene rings is 1. The highest BCUT2D eigenvalue weighted by atomic mass is 32.2. The molecular formula is C14H16N2O5S. The maximum Gasteiger partial charge on any atom is 0.262 e. The number of nitrogens with one attached hydrogen (secondary N) is 2. The normalized spacial score (nSPS) is 22.4. The van der Waals surface area contributed by atoms with E-state index < -0.39 is 9.84 Å². The van der Waals surface area contributed by atoms with Crippen LogP contribution in [0.3, 0.4) is 0 Å². The second-order valence-corrected chi connectivity index (χ2v) is 7.80. The molecule has 118 valence electrons.